The topological polar surface area (TPSA) is 134 Å². The van der Waals surface area contributed by atoms with Crippen LogP contribution in [0.25, 0.3) is 0 Å². The van der Waals surface area contributed by atoms with E-state index >= 15 is 0 Å². The van der Waals surface area contributed by atoms with Crippen LogP contribution in [0.1, 0.15) is 10.4 Å². The molecule has 0 fully saturated rings. The van der Waals surface area contributed by atoms with E-state index in [1.807, 2.05) is 0 Å². The number of rotatable bonds is 7. The number of aromatic hydroxyl groups is 2. The van der Waals surface area contributed by atoms with Gasteiger partial charge in [-0.2, -0.15) is 0 Å². The summed E-state index contributed by atoms with van der Waals surface area (Å²) in [7, 11) is -1.23. The first-order valence-electron chi connectivity index (χ1n) is 8.92. The quantitative estimate of drug-likeness (QED) is 0.411. The van der Waals surface area contributed by atoms with Crippen molar-refractivity contribution in [3.05, 3.63) is 66.2 Å². The van der Waals surface area contributed by atoms with Gasteiger partial charge in [0.25, 0.3) is 15.9 Å². The molecular formula is C21H20N2O7S. The molecule has 0 unspecified atom stereocenters. The summed E-state index contributed by atoms with van der Waals surface area (Å²) in [6, 6.07) is 14.0. The Balaban J connectivity index is 1.88. The molecule has 31 heavy (non-hydrogen) atoms. The van der Waals surface area contributed by atoms with E-state index in [1.54, 1.807) is 18.2 Å². The van der Waals surface area contributed by atoms with Crippen LogP contribution in [0.5, 0.6) is 23.0 Å². The molecule has 0 aliphatic carbocycles. The number of para-hydroxylation sites is 2. The molecule has 3 rings (SSSR count). The molecule has 3 aromatic carbocycles. The number of methoxy groups -OCH3 is 2. The van der Waals surface area contributed by atoms with Crippen LogP contribution in [0.2, 0.25) is 0 Å². The van der Waals surface area contributed by atoms with E-state index < -0.39 is 15.9 Å². The Kier molecular flexibility index (Phi) is 6.21. The lowest BCUT2D eigenvalue weighted by atomic mass is 10.1. The number of carbonyl (C=O) groups is 1. The van der Waals surface area contributed by atoms with Gasteiger partial charge in [0.1, 0.15) is 23.0 Å². The average molecular weight is 444 g/mol. The van der Waals surface area contributed by atoms with Crippen molar-refractivity contribution in [1.29, 1.82) is 0 Å². The molecule has 0 heterocycles. The lowest BCUT2D eigenvalue weighted by molar-refractivity contribution is 0.102. The number of anilines is 2. The highest BCUT2D eigenvalue weighted by atomic mass is 32.2. The van der Waals surface area contributed by atoms with Crippen LogP contribution >= 0.6 is 0 Å². The molecule has 0 saturated heterocycles. The number of benzene rings is 3. The molecule has 1 amide bonds. The van der Waals surface area contributed by atoms with Crippen molar-refractivity contribution < 1.29 is 32.9 Å². The van der Waals surface area contributed by atoms with Crippen LogP contribution in [-0.2, 0) is 10.0 Å². The Morgan fingerprint density at radius 1 is 0.871 bits per heavy atom. The Labute approximate surface area is 178 Å². The number of amides is 1. The van der Waals surface area contributed by atoms with E-state index in [9.17, 15) is 23.4 Å². The second-order valence-electron chi connectivity index (χ2n) is 6.32. The average Bonchev–Trinajstić information content (AvgIpc) is 2.75. The van der Waals surface area contributed by atoms with Gasteiger partial charge in [0.2, 0.25) is 0 Å². The van der Waals surface area contributed by atoms with Crippen molar-refractivity contribution in [1.82, 2.24) is 0 Å². The minimum absolute atomic E-state index is 0.0828. The van der Waals surface area contributed by atoms with E-state index in [-0.39, 0.29) is 33.3 Å². The molecule has 0 aliphatic heterocycles. The summed E-state index contributed by atoms with van der Waals surface area (Å²) < 4.78 is 38.1. The normalized spacial score (nSPS) is 10.9. The first-order chi connectivity index (χ1) is 14.7. The Hall–Kier alpha value is -3.92. The van der Waals surface area contributed by atoms with E-state index in [4.69, 9.17) is 9.47 Å². The van der Waals surface area contributed by atoms with Crippen LogP contribution < -0.4 is 19.5 Å². The third-order valence-electron chi connectivity index (χ3n) is 4.33. The molecule has 0 spiro atoms. The molecule has 0 aliphatic rings. The minimum atomic E-state index is -4.06. The van der Waals surface area contributed by atoms with Crippen molar-refractivity contribution in [2.24, 2.45) is 0 Å². The first-order valence-corrected chi connectivity index (χ1v) is 10.4. The number of nitrogens with one attached hydrogen (secondary N) is 2. The van der Waals surface area contributed by atoms with Crippen molar-refractivity contribution >= 4 is 27.3 Å². The van der Waals surface area contributed by atoms with Gasteiger partial charge in [0.05, 0.1) is 36.1 Å². The second kappa shape index (κ2) is 8.84. The summed E-state index contributed by atoms with van der Waals surface area (Å²) in [4.78, 5) is 12.3. The number of phenolic OH excluding ortho intramolecular Hbond substituents is 2. The molecule has 10 heteroatoms. The predicted molar refractivity (Wildman–Crippen MR) is 115 cm³/mol. The van der Waals surface area contributed by atoms with Gasteiger partial charge in [-0.05, 0) is 42.5 Å². The predicted octanol–water partition coefficient (Wildman–Crippen LogP) is 3.17. The van der Waals surface area contributed by atoms with Gasteiger partial charge in [-0.3, -0.25) is 9.52 Å². The van der Waals surface area contributed by atoms with E-state index in [0.717, 1.165) is 12.1 Å². The first kappa shape index (κ1) is 21.8. The van der Waals surface area contributed by atoms with E-state index in [1.165, 1.54) is 44.6 Å². The Bertz CT molecular complexity index is 1230. The van der Waals surface area contributed by atoms with E-state index in [2.05, 4.69) is 10.0 Å². The highest BCUT2D eigenvalue weighted by Gasteiger charge is 2.20. The molecule has 162 valence electrons. The lowest BCUT2D eigenvalue weighted by Crippen LogP contribution is -2.15. The zero-order chi connectivity index (χ0) is 22.6. The number of ether oxygens (including phenoxy) is 2. The summed E-state index contributed by atoms with van der Waals surface area (Å²) in [5, 5.41) is 22.5. The number of hydrogen-bond acceptors (Lipinski definition) is 7. The van der Waals surface area contributed by atoms with Crippen molar-refractivity contribution in [2.45, 2.75) is 4.90 Å². The molecular weight excluding hydrogens is 424 g/mol. The maximum atomic E-state index is 12.8. The maximum absolute atomic E-state index is 12.8. The SMILES string of the molecule is COc1ccc(C(=O)Nc2cc(S(=O)(=O)Nc3ccccc3OC)ccc2O)c(O)c1. The maximum Gasteiger partial charge on any atom is 0.262 e. The fraction of sp³-hybridized carbons (Fsp3) is 0.0952. The zero-order valence-electron chi connectivity index (χ0n) is 16.6. The van der Waals surface area contributed by atoms with Crippen LogP contribution in [0.15, 0.2) is 65.6 Å². The lowest BCUT2D eigenvalue weighted by Gasteiger charge is -2.14. The molecule has 0 saturated carbocycles. The molecule has 0 atom stereocenters. The Morgan fingerprint density at radius 3 is 2.29 bits per heavy atom. The largest absolute Gasteiger partial charge is 0.507 e. The van der Waals surface area contributed by atoms with Gasteiger partial charge in [-0.15, -0.1) is 0 Å². The monoisotopic (exact) mass is 444 g/mol. The molecule has 3 aromatic rings. The Morgan fingerprint density at radius 2 is 1.61 bits per heavy atom. The van der Waals surface area contributed by atoms with Gasteiger partial charge in [-0.25, -0.2) is 8.42 Å². The molecule has 0 radical (unpaired) electrons. The third-order valence-corrected chi connectivity index (χ3v) is 5.69. The summed E-state index contributed by atoms with van der Waals surface area (Å²) in [5.74, 6) is -0.751. The van der Waals surface area contributed by atoms with Crippen molar-refractivity contribution in [2.75, 3.05) is 24.3 Å². The number of hydrogen-bond donors (Lipinski definition) is 4. The zero-order valence-corrected chi connectivity index (χ0v) is 17.4. The van der Waals surface area contributed by atoms with Crippen LogP contribution in [-0.4, -0.2) is 38.8 Å². The number of carbonyl (C=O) groups excluding carboxylic acids is 1. The second-order valence-corrected chi connectivity index (χ2v) is 8.00. The van der Waals surface area contributed by atoms with Crippen molar-refractivity contribution in [3.63, 3.8) is 0 Å². The van der Waals surface area contributed by atoms with Crippen molar-refractivity contribution in [3.8, 4) is 23.0 Å². The minimum Gasteiger partial charge on any atom is -0.507 e. The van der Waals surface area contributed by atoms with Crippen LogP contribution in [0.4, 0.5) is 11.4 Å². The fourth-order valence-electron chi connectivity index (χ4n) is 2.74. The highest BCUT2D eigenvalue weighted by Crippen LogP contribution is 2.31. The fourth-order valence-corrected chi connectivity index (χ4v) is 3.83. The molecule has 4 N–H and O–H groups in total. The summed E-state index contributed by atoms with van der Waals surface area (Å²) in [6.45, 7) is 0. The number of phenols is 2. The summed E-state index contributed by atoms with van der Waals surface area (Å²) in [6.07, 6.45) is 0. The molecule has 9 nitrogen and oxygen atoms in total. The van der Waals surface area contributed by atoms with E-state index in [0.29, 0.717) is 11.5 Å². The van der Waals surface area contributed by atoms with Crippen LogP contribution in [0, 0.1) is 0 Å². The van der Waals surface area contributed by atoms with Gasteiger partial charge >= 0.3 is 0 Å². The standard InChI is InChI=1S/C21H20N2O7S/c1-29-13-7-9-15(19(25)11-13)21(26)22-17-12-14(8-10-18(17)24)31(27,28)23-16-5-3-4-6-20(16)30-2/h3-12,23-25H,1-2H3,(H,22,26). The summed E-state index contributed by atoms with van der Waals surface area (Å²) >= 11 is 0. The smallest absolute Gasteiger partial charge is 0.262 e. The summed E-state index contributed by atoms with van der Waals surface area (Å²) in [5.41, 5.74) is -0.00413. The molecule has 0 aromatic heterocycles. The third kappa shape index (κ3) is 4.81. The van der Waals surface area contributed by atoms with Gasteiger partial charge in [-0.1, -0.05) is 12.1 Å². The van der Waals surface area contributed by atoms with Gasteiger partial charge < -0.3 is 25.0 Å². The van der Waals surface area contributed by atoms with Gasteiger partial charge in [0, 0.05) is 6.07 Å². The molecule has 0 bridgehead atoms. The highest BCUT2D eigenvalue weighted by molar-refractivity contribution is 7.92. The number of sulfonamides is 1. The van der Waals surface area contributed by atoms with Crippen LogP contribution in [0.3, 0.4) is 0 Å². The van der Waals surface area contributed by atoms with Gasteiger partial charge in [0.15, 0.2) is 0 Å².